The first kappa shape index (κ1) is 46.7. The highest BCUT2D eigenvalue weighted by Gasteiger charge is 2.25. The summed E-state index contributed by atoms with van der Waals surface area (Å²) in [6, 6.07) is 60.5. The van der Waals surface area contributed by atoms with Crippen LogP contribution in [0.4, 0.5) is 17.1 Å². The van der Waals surface area contributed by atoms with E-state index in [-0.39, 0.29) is 27.1 Å². The summed E-state index contributed by atoms with van der Waals surface area (Å²) in [5.74, 6) is 0. The SMILES string of the molecule is CC(C)(C)c1ccc(-c2ccc3c(ccc4[nH]c5c(-c6cc(N(c7ccc(C(C)(C)C)cc7)c7ccc(C(C)(C)C)cc7)cc(C(C)(C)C)c6)cc(-c6ccc(C(C)(C)C)cc6)cc5c43)c2)cc1. The van der Waals surface area contributed by atoms with Crippen molar-refractivity contribution in [3.05, 3.63) is 186 Å². The van der Waals surface area contributed by atoms with Gasteiger partial charge in [0.2, 0.25) is 0 Å². The predicted octanol–water partition coefficient (Wildman–Crippen LogP) is 19.4. The molecule has 0 aliphatic heterocycles. The summed E-state index contributed by atoms with van der Waals surface area (Å²) in [5.41, 5.74) is 19.7. The highest BCUT2D eigenvalue weighted by molar-refractivity contribution is 6.23. The zero-order valence-electron chi connectivity index (χ0n) is 43.5. The van der Waals surface area contributed by atoms with Crippen molar-refractivity contribution in [3.63, 3.8) is 0 Å². The molecule has 0 aliphatic carbocycles. The number of aromatic nitrogens is 1. The number of hydrogen-bond acceptors (Lipinski definition) is 1. The zero-order chi connectivity index (χ0) is 48.7. The molecule has 9 aromatic rings. The maximum absolute atomic E-state index is 4.01. The molecular formula is C66H72N2. The number of benzene rings is 8. The quantitative estimate of drug-likeness (QED) is 0.176. The van der Waals surface area contributed by atoms with Crippen LogP contribution in [0.5, 0.6) is 0 Å². The molecule has 68 heavy (non-hydrogen) atoms. The molecule has 2 nitrogen and oxygen atoms in total. The second-order valence-corrected chi connectivity index (χ2v) is 24.6. The van der Waals surface area contributed by atoms with E-state index in [1.165, 1.54) is 82.7 Å². The summed E-state index contributed by atoms with van der Waals surface area (Å²) in [6.45, 7) is 34.4. The van der Waals surface area contributed by atoms with Crippen LogP contribution >= 0.6 is 0 Å². The van der Waals surface area contributed by atoms with Crippen molar-refractivity contribution in [2.75, 3.05) is 4.90 Å². The van der Waals surface area contributed by atoms with Crippen LogP contribution in [0.25, 0.3) is 66.0 Å². The summed E-state index contributed by atoms with van der Waals surface area (Å²) in [5, 5.41) is 4.98. The van der Waals surface area contributed by atoms with Gasteiger partial charge in [0.1, 0.15) is 0 Å². The van der Waals surface area contributed by atoms with Crippen molar-refractivity contribution in [1.82, 2.24) is 4.98 Å². The van der Waals surface area contributed by atoms with Gasteiger partial charge in [0.25, 0.3) is 0 Å². The van der Waals surface area contributed by atoms with Crippen molar-refractivity contribution >= 4 is 49.6 Å². The Labute approximate surface area is 407 Å². The predicted molar refractivity (Wildman–Crippen MR) is 298 cm³/mol. The average molecular weight is 893 g/mol. The Morgan fingerprint density at radius 3 is 1.22 bits per heavy atom. The topological polar surface area (TPSA) is 19.0 Å². The summed E-state index contributed by atoms with van der Waals surface area (Å²) in [4.78, 5) is 6.46. The average Bonchev–Trinajstić information content (AvgIpc) is 3.67. The number of aromatic amines is 1. The lowest BCUT2D eigenvalue weighted by atomic mass is 9.83. The first-order valence-electron chi connectivity index (χ1n) is 24.7. The van der Waals surface area contributed by atoms with Crippen LogP contribution in [-0.4, -0.2) is 4.98 Å². The van der Waals surface area contributed by atoms with Crippen molar-refractivity contribution in [3.8, 4) is 33.4 Å². The number of rotatable bonds is 6. The molecule has 0 atom stereocenters. The van der Waals surface area contributed by atoms with E-state index in [1.807, 2.05) is 0 Å². The zero-order valence-corrected chi connectivity index (χ0v) is 43.5. The molecular weight excluding hydrogens is 821 g/mol. The van der Waals surface area contributed by atoms with Gasteiger partial charge >= 0.3 is 0 Å². The summed E-state index contributed by atoms with van der Waals surface area (Å²) in [6.07, 6.45) is 0. The van der Waals surface area contributed by atoms with Crippen LogP contribution < -0.4 is 4.90 Å². The van der Waals surface area contributed by atoms with Gasteiger partial charge in [-0.2, -0.15) is 0 Å². The Hall–Kier alpha value is -6.38. The van der Waals surface area contributed by atoms with Crippen LogP contribution in [0.2, 0.25) is 0 Å². The Morgan fingerprint density at radius 2 is 0.750 bits per heavy atom. The van der Waals surface area contributed by atoms with Crippen molar-refractivity contribution in [2.24, 2.45) is 0 Å². The molecule has 0 spiro atoms. The van der Waals surface area contributed by atoms with Crippen LogP contribution in [-0.2, 0) is 27.1 Å². The number of H-pyrrole nitrogens is 1. The van der Waals surface area contributed by atoms with Crippen LogP contribution in [0, 0.1) is 0 Å². The third-order valence-electron chi connectivity index (χ3n) is 14.2. The number of fused-ring (bicyclic) bond motifs is 5. The fraction of sp³-hybridized carbons (Fsp3) is 0.303. The molecule has 0 fully saturated rings. The summed E-state index contributed by atoms with van der Waals surface area (Å²) < 4.78 is 0. The van der Waals surface area contributed by atoms with Crippen molar-refractivity contribution in [1.29, 1.82) is 0 Å². The molecule has 0 saturated carbocycles. The van der Waals surface area contributed by atoms with E-state index in [4.69, 9.17) is 0 Å². The molecule has 0 radical (unpaired) electrons. The lowest BCUT2D eigenvalue weighted by Crippen LogP contribution is -2.16. The van der Waals surface area contributed by atoms with Gasteiger partial charge in [-0.15, -0.1) is 0 Å². The smallest absolute Gasteiger partial charge is 0.0545 e. The normalized spacial score (nSPS) is 12.9. The minimum Gasteiger partial charge on any atom is -0.354 e. The molecule has 0 unspecified atom stereocenters. The number of hydrogen-bond donors (Lipinski definition) is 1. The molecule has 8 aromatic carbocycles. The standard InChI is InChI=1S/C66H72N2/c1-62(2,3)48-22-16-42(17-23-48)44-20-34-56-45(36-44)21-35-59-60(56)58-40-46(43-18-24-49(25-19-43)63(4,5)6)39-57(61(58)67-59)47-37-52(66(13,14)15)41-55(38-47)68(53-30-26-50(27-31-53)64(7,8)9)54-32-28-51(29-33-54)65(10,11)12/h16-41,67H,1-15H3. The van der Waals surface area contributed by atoms with E-state index in [0.717, 1.165) is 28.1 Å². The Bertz CT molecular complexity index is 3230. The third-order valence-corrected chi connectivity index (χ3v) is 14.2. The lowest BCUT2D eigenvalue weighted by molar-refractivity contribution is 0.589. The van der Waals surface area contributed by atoms with Gasteiger partial charge in [0.15, 0.2) is 0 Å². The minimum absolute atomic E-state index is 0.0477. The van der Waals surface area contributed by atoms with E-state index in [0.29, 0.717) is 0 Å². The van der Waals surface area contributed by atoms with Crippen molar-refractivity contribution in [2.45, 2.75) is 131 Å². The first-order chi connectivity index (χ1) is 31.8. The molecule has 2 heteroatoms. The van der Waals surface area contributed by atoms with E-state index < -0.39 is 0 Å². The molecule has 0 bridgehead atoms. The van der Waals surface area contributed by atoms with Gasteiger partial charge in [-0.3, -0.25) is 0 Å². The van der Waals surface area contributed by atoms with Gasteiger partial charge < -0.3 is 9.88 Å². The molecule has 0 saturated heterocycles. The van der Waals surface area contributed by atoms with Crippen LogP contribution in [0.3, 0.4) is 0 Å². The van der Waals surface area contributed by atoms with Gasteiger partial charge in [0, 0.05) is 38.9 Å². The largest absolute Gasteiger partial charge is 0.354 e. The van der Waals surface area contributed by atoms with Crippen molar-refractivity contribution < 1.29 is 0 Å². The maximum Gasteiger partial charge on any atom is 0.0545 e. The lowest BCUT2D eigenvalue weighted by Gasteiger charge is -2.30. The first-order valence-corrected chi connectivity index (χ1v) is 24.7. The van der Waals surface area contributed by atoms with Gasteiger partial charge in [-0.1, -0.05) is 201 Å². The number of nitrogens with one attached hydrogen (secondary N) is 1. The van der Waals surface area contributed by atoms with E-state index in [1.54, 1.807) is 0 Å². The fourth-order valence-electron chi connectivity index (χ4n) is 9.73. The molecule has 0 aliphatic rings. The fourth-order valence-corrected chi connectivity index (χ4v) is 9.73. The minimum atomic E-state index is -0.121. The number of nitrogens with zero attached hydrogens (tertiary/aromatic N) is 1. The number of anilines is 3. The maximum atomic E-state index is 4.01. The molecule has 1 aromatic heterocycles. The highest BCUT2D eigenvalue weighted by atomic mass is 15.1. The second kappa shape index (κ2) is 16.7. The van der Waals surface area contributed by atoms with E-state index >= 15 is 0 Å². The second-order valence-electron chi connectivity index (χ2n) is 24.6. The van der Waals surface area contributed by atoms with Crippen LogP contribution in [0.15, 0.2) is 158 Å². The monoisotopic (exact) mass is 893 g/mol. The van der Waals surface area contributed by atoms with E-state index in [2.05, 4.69) is 271 Å². The summed E-state index contributed by atoms with van der Waals surface area (Å²) >= 11 is 0. The van der Waals surface area contributed by atoms with Gasteiger partial charge in [-0.05, 0) is 154 Å². The Kier molecular flexibility index (Phi) is 11.5. The van der Waals surface area contributed by atoms with E-state index in [9.17, 15) is 0 Å². The molecule has 9 rings (SSSR count). The Balaban J connectivity index is 1.29. The third kappa shape index (κ3) is 9.15. The molecule has 0 amide bonds. The Morgan fingerprint density at radius 1 is 0.309 bits per heavy atom. The van der Waals surface area contributed by atoms with Crippen LogP contribution in [0.1, 0.15) is 132 Å². The molecule has 346 valence electrons. The van der Waals surface area contributed by atoms with Gasteiger partial charge in [0.05, 0.1) is 5.52 Å². The summed E-state index contributed by atoms with van der Waals surface area (Å²) in [7, 11) is 0. The molecule has 1 heterocycles. The molecule has 1 N–H and O–H groups in total. The van der Waals surface area contributed by atoms with Gasteiger partial charge in [-0.25, -0.2) is 0 Å². The highest BCUT2D eigenvalue weighted by Crippen LogP contribution is 2.45.